The molecule has 7 nitrogen and oxygen atoms in total. The number of rotatable bonds is 7. The lowest BCUT2D eigenvalue weighted by atomic mass is 10.1. The summed E-state index contributed by atoms with van der Waals surface area (Å²) in [5.74, 6) is 0.591. The molecule has 0 fully saturated rings. The van der Waals surface area contributed by atoms with E-state index in [1.807, 2.05) is 30.5 Å². The van der Waals surface area contributed by atoms with Gasteiger partial charge in [0.15, 0.2) is 0 Å². The van der Waals surface area contributed by atoms with Crippen LogP contribution in [0.25, 0.3) is 0 Å². The first kappa shape index (κ1) is 19.4. The predicted octanol–water partition coefficient (Wildman–Crippen LogP) is 4.54. The molecule has 3 aromatic rings. The lowest BCUT2D eigenvalue weighted by molar-refractivity contribution is -0.384. The third-order valence-electron chi connectivity index (χ3n) is 3.88. The molecule has 1 heterocycles. The van der Waals surface area contributed by atoms with Gasteiger partial charge in [0, 0.05) is 40.9 Å². The van der Waals surface area contributed by atoms with Crippen LogP contribution < -0.4 is 10.1 Å². The normalized spacial score (nSPS) is 10.3. The van der Waals surface area contributed by atoms with Gasteiger partial charge in [-0.1, -0.05) is 6.07 Å². The number of thioether (sulfide) groups is 1. The number of ether oxygens (including phenoxy) is 1. The second-order valence-electron chi connectivity index (χ2n) is 5.77. The van der Waals surface area contributed by atoms with Crippen LogP contribution in [-0.4, -0.2) is 22.9 Å². The number of carbonyl (C=O) groups excluding carboxylic acids is 1. The van der Waals surface area contributed by atoms with Gasteiger partial charge >= 0.3 is 0 Å². The lowest BCUT2D eigenvalue weighted by Gasteiger charge is -2.10. The fraction of sp³-hybridized carbons (Fsp3) is 0.100. The standard InChI is InChI=1S/C20H17N3O4S/c1-27-19-9-6-16(23(25)26)11-18(19)20(24)22-15-4-7-17(8-5-15)28-13-14-3-2-10-21-12-14/h2-12H,13H2,1H3,(H,22,24). The summed E-state index contributed by atoms with van der Waals surface area (Å²) in [5, 5.41) is 13.7. The highest BCUT2D eigenvalue weighted by molar-refractivity contribution is 7.98. The number of benzene rings is 2. The number of anilines is 1. The Labute approximate surface area is 165 Å². The molecular weight excluding hydrogens is 378 g/mol. The minimum absolute atomic E-state index is 0.103. The van der Waals surface area contributed by atoms with Gasteiger partial charge in [0.05, 0.1) is 17.6 Å². The number of non-ortho nitro benzene ring substituents is 1. The van der Waals surface area contributed by atoms with E-state index in [2.05, 4.69) is 10.3 Å². The second-order valence-corrected chi connectivity index (χ2v) is 6.82. The Hall–Kier alpha value is -3.39. The number of methoxy groups -OCH3 is 1. The minimum atomic E-state index is -0.551. The van der Waals surface area contributed by atoms with E-state index in [0.717, 1.165) is 16.2 Å². The van der Waals surface area contributed by atoms with Gasteiger partial charge in [-0.25, -0.2) is 0 Å². The summed E-state index contributed by atoms with van der Waals surface area (Å²) in [6.07, 6.45) is 3.57. The van der Waals surface area contributed by atoms with Gasteiger partial charge in [-0.3, -0.25) is 19.9 Å². The highest BCUT2D eigenvalue weighted by Gasteiger charge is 2.17. The van der Waals surface area contributed by atoms with Crippen LogP contribution in [0.15, 0.2) is 71.9 Å². The molecule has 0 bridgehead atoms. The van der Waals surface area contributed by atoms with E-state index in [-0.39, 0.29) is 17.0 Å². The van der Waals surface area contributed by atoms with Gasteiger partial charge in [-0.15, -0.1) is 11.8 Å². The van der Waals surface area contributed by atoms with E-state index in [1.165, 1.54) is 25.3 Å². The molecule has 142 valence electrons. The van der Waals surface area contributed by atoms with Gasteiger partial charge in [0.25, 0.3) is 11.6 Å². The fourth-order valence-electron chi connectivity index (χ4n) is 2.47. The molecule has 2 aromatic carbocycles. The summed E-state index contributed by atoms with van der Waals surface area (Å²) in [6.45, 7) is 0. The zero-order chi connectivity index (χ0) is 19.9. The molecule has 1 N–H and O–H groups in total. The van der Waals surface area contributed by atoms with Crippen molar-refractivity contribution in [2.75, 3.05) is 12.4 Å². The maximum Gasteiger partial charge on any atom is 0.270 e. The molecule has 1 amide bonds. The first-order chi connectivity index (χ1) is 13.6. The lowest BCUT2D eigenvalue weighted by Crippen LogP contribution is -2.13. The molecule has 0 radical (unpaired) electrons. The number of carbonyl (C=O) groups is 1. The molecule has 0 spiro atoms. The number of hydrogen-bond acceptors (Lipinski definition) is 6. The van der Waals surface area contributed by atoms with Gasteiger partial charge in [-0.05, 0) is 42.0 Å². The number of hydrogen-bond donors (Lipinski definition) is 1. The van der Waals surface area contributed by atoms with Crippen molar-refractivity contribution in [3.05, 3.63) is 88.2 Å². The Kier molecular flexibility index (Phi) is 6.23. The molecule has 1 aromatic heterocycles. The Balaban J connectivity index is 1.67. The highest BCUT2D eigenvalue weighted by Crippen LogP contribution is 2.27. The molecule has 0 atom stereocenters. The molecular formula is C20H17N3O4S. The van der Waals surface area contributed by atoms with Crippen LogP contribution in [0.2, 0.25) is 0 Å². The summed E-state index contributed by atoms with van der Waals surface area (Å²) < 4.78 is 5.14. The fourth-order valence-corrected chi connectivity index (χ4v) is 3.30. The number of nitro benzene ring substituents is 1. The summed E-state index contributed by atoms with van der Waals surface area (Å²) in [7, 11) is 1.41. The number of nitrogens with zero attached hydrogens (tertiary/aromatic N) is 2. The third kappa shape index (κ3) is 4.86. The van der Waals surface area contributed by atoms with Crippen molar-refractivity contribution < 1.29 is 14.5 Å². The van der Waals surface area contributed by atoms with Crippen LogP contribution in [0, 0.1) is 10.1 Å². The van der Waals surface area contributed by atoms with Crippen molar-refractivity contribution in [3.63, 3.8) is 0 Å². The molecule has 0 aliphatic heterocycles. The molecule has 28 heavy (non-hydrogen) atoms. The monoisotopic (exact) mass is 395 g/mol. The van der Waals surface area contributed by atoms with E-state index in [9.17, 15) is 14.9 Å². The van der Waals surface area contributed by atoms with Crippen LogP contribution in [-0.2, 0) is 5.75 Å². The smallest absolute Gasteiger partial charge is 0.270 e. The predicted molar refractivity (Wildman–Crippen MR) is 108 cm³/mol. The zero-order valence-electron chi connectivity index (χ0n) is 15.0. The van der Waals surface area contributed by atoms with Crippen molar-refractivity contribution in [1.82, 2.24) is 4.98 Å². The molecule has 8 heteroatoms. The number of nitrogens with one attached hydrogen (secondary N) is 1. The summed E-state index contributed by atoms with van der Waals surface area (Å²) in [4.78, 5) is 28.1. The van der Waals surface area contributed by atoms with Gasteiger partial charge in [0.1, 0.15) is 5.75 Å². The molecule has 0 saturated heterocycles. The number of pyridine rings is 1. The molecule has 0 aliphatic rings. The Bertz CT molecular complexity index is 979. The van der Waals surface area contributed by atoms with Gasteiger partial charge in [0.2, 0.25) is 0 Å². The average molecular weight is 395 g/mol. The molecule has 0 aliphatic carbocycles. The van der Waals surface area contributed by atoms with E-state index in [0.29, 0.717) is 5.69 Å². The van der Waals surface area contributed by atoms with Gasteiger partial charge in [-0.2, -0.15) is 0 Å². The maximum absolute atomic E-state index is 12.5. The first-order valence-electron chi connectivity index (χ1n) is 8.32. The topological polar surface area (TPSA) is 94.4 Å². The zero-order valence-corrected chi connectivity index (χ0v) is 15.8. The van der Waals surface area contributed by atoms with E-state index in [4.69, 9.17) is 4.74 Å². The van der Waals surface area contributed by atoms with Crippen molar-refractivity contribution in [1.29, 1.82) is 0 Å². The van der Waals surface area contributed by atoms with Crippen LogP contribution >= 0.6 is 11.8 Å². The van der Waals surface area contributed by atoms with Crippen molar-refractivity contribution >= 4 is 29.0 Å². The van der Waals surface area contributed by atoms with Crippen molar-refractivity contribution in [2.45, 2.75) is 10.6 Å². The van der Waals surface area contributed by atoms with Crippen molar-refractivity contribution in [3.8, 4) is 5.75 Å². The second kappa shape index (κ2) is 9.01. The summed E-state index contributed by atoms with van der Waals surface area (Å²) >= 11 is 1.66. The summed E-state index contributed by atoms with van der Waals surface area (Å²) in [6, 6.07) is 15.2. The van der Waals surface area contributed by atoms with E-state index in [1.54, 1.807) is 30.1 Å². The average Bonchev–Trinajstić information content (AvgIpc) is 2.73. The quantitative estimate of drug-likeness (QED) is 0.358. The maximum atomic E-state index is 12.5. The molecule has 0 unspecified atom stereocenters. The number of amides is 1. The number of nitro groups is 1. The first-order valence-corrected chi connectivity index (χ1v) is 9.31. The SMILES string of the molecule is COc1ccc([N+](=O)[O-])cc1C(=O)Nc1ccc(SCc2cccnc2)cc1. The molecule has 3 rings (SSSR count). The minimum Gasteiger partial charge on any atom is -0.496 e. The van der Waals surface area contributed by atoms with Gasteiger partial charge < -0.3 is 10.1 Å². The van der Waals surface area contributed by atoms with E-state index < -0.39 is 10.8 Å². The number of aromatic nitrogens is 1. The van der Waals surface area contributed by atoms with Crippen LogP contribution in [0.3, 0.4) is 0 Å². The highest BCUT2D eigenvalue weighted by atomic mass is 32.2. The Morgan fingerprint density at radius 3 is 2.64 bits per heavy atom. The van der Waals surface area contributed by atoms with E-state index >= 15 is 0 Å². The van der Waals surface area contributed by atoms with Crippen LogP contribution in [0.5, 0.6) is 5.75 Å². The van der Waals surface area contributed by atoms with Crippen LogP contribution in [0.4, 0.5) is 11.4 Å². The third-order valence-corrected chi connectivity index (χ3v) is 4.96. The molecule has 0 saturated carbocycles. The summed E-state index contributed by atoms with van der Waals surface area (Å²) in [5.41, 5.74) is 1.65. The largest absolute Gasteiger partial charge is 0.496 e. The van der Waals surface area contributed by atoms with Crippen molar-refractivity contribution in [2.24, 2.45) is 0 Å². The Morgan fingerprint density at radius 1 is 1.21 bits per heavy atom. The van der Waals surface area contributed by atoms with Crippen LogP contribution in [0.1, 0.15) is 15.9 Å². The Morgan fingerprint density at radius 2 is 2.00 bits per heavy atom.